The van der Waals surface area contributed by atoms with Crippen molar-refractivity contribution in [1.82, 2.24) is 0 Å². The van der Waals surface area contributed by atoms with Gasteiger partial charge in [0, 0.05) is 0 Å². The van der Waals surface area contributed by atoms with Gasteiger partial charge < -0.3 is 0 Å². The monoisotopic (exact) mass is 416 g/mol. The Labute approximate surface area is 190 Å². The summed E-state index contributed by atoms with van der Waals surface area (Å²) in [6, 6.07) is 0. The lowest BCUT2D eigenvalue weighted by molar-refractivity contribution is -0.104. The van der Waals surface area contributed by atoms with Gasteiger partial charge in [-0.1, -0.05) is 109 Å². The van der Waals surface area contributed by atoms with Crippen LogP contribution in [0.1, 0.15) is 67.7 Å². The van der Waals surface area contributed by atoms with Crippen molar-refractivity contribution in [2.75, 3.05) is 0 Å². The zero-order chi connectivity index (χ0) is 23.3. The molecule has 0 spiro atoms. The Morgan fingerprint density at radius 3 is 1.74 bits per heavy atom. The van der Waals surface area contributed by atoms with E-state index in [0.717, 1.165) is 17.4 Å². The summed E-state index contributed by atoms with van der Waals surface area (Å²) >= 11 is 0. The molecule has 0 aliphatic heterocycles. The predicted molar refractivity (Wildman–Crippen MR) is 138 cm³/mol. The van der Waals surface area contributed by atoms with Gasteiger partial charge in [0.1, 0.15) is 6.29 Å². The maximum atomic E-state index is 10.6. The number of allylic oxidation sites excluding steroid dienone is 18. The third-order valence-corrected chi connectivity index (χ3v) is 5.51. The first-order valence-corrected chi connectivity index (χ1v) is 11.2. The van der Waals surface area contributed by atoms with E-state index in [2.05, 4.69) is 71.1 Å². The van der Waals surface area contributed by atoms with Crippen molar-refractivity contribution in [2.45, 2.75) is 67.7 Å². The molecule has 0 saturated heterocycles. The molecule has 0 N–H and O–H groups in total. The van der Waals surface area contributed by atoms with Crippen LogP contribution >= 0.6 is 0 Å². The first-order valence-electron chi connectivity index (χ1n) is 11.2. The molecule has 166 valence electrons. The van der Waals surface area contributed by atoms with Crippen LogP contribution in [0.4, 0.5) is 0 Å². The summed E-state index contributed by atoms with van der Waals surface area (Å²) in [6.07, 6.45) is 29.5. The second kappa shape index (κ2) is 13.6. The van der Waals surface area contributed by atoms with Gasteiger partial charge >= 0.3 is 0 Å². The Balaban J connectivity index is 2.65. The Morgan fingerprint density at radius 1 is 0.742 bits per heavy atom. The average Bonchev–Trinajstić information content (AvgIpc) is 2.70. The van der Waals surface area contributed by atoms with Crippen LogP contribution in [0.15, 0.2) is 106 Å². The van der Waals surface area contributed by atoms with E-state index in [-0.39, 0.29) is 5.41 Å². The molecule has 31 heavy (non-hydrogen) atoms. The van der Waals surface area contributed by atoms with Crippen molar-refractivity contribution in [3.05, 3.63) is 106 Å². The third kappa shape index (κ3) is 10.8. The van der Waals surface area contributed by atoms with Crippen LogP contribution in [0.2, 0.25) is 0 Å². The second-order valence-electron chi connectivity index (χ2n) is 9.13. The van der Waals surface area contributed by atoms with E-state index in [0.29, 0.717) is 0 Å². The average molecular weight is 417 g/mol. The molecule has 0 radical (unpaired) electrons. The topological polar surface area (TPSA) is 17.1 Å². The smallest absolute Gasteiger partial charge is 0.145 e. The molecule has 1 aliphatic rings. The van der Waals surface area contributed by atoms with Crippen LogP contribution in [-0.4, -0.2) is 6.29 Å². The Morgan fingerprint density at radius 2 is 1.23 bits per heavy atom. The number of hydrogen-bond donors (Lipinski definition) is 0. The van der Waals surface area contributed by atoms with Crippen molar-refractivity contribution in [2.24, 2.45) is 5.41 Å². The molecule has 1 heteroatoms. The molecule has 1 rings (SSSR count). The Bertz CT molecular complexity index is 887. The molecule has 0 heterocycles. The lowest BCUT2D eigenvalue weighted by Crippen LogP contribution is -2.19. The third-order valence-electron chi connectivity index (χ3n) is 5.51. The lowest BCUT2D eigenvalue weighted by atomic mass is 9.72. The first-order chi connectivity index (χ1) is 14.7. The summed E-state index contributed by atoms with van der Waals surface area (Å²) in [5, 5.41) is 0. The number of rotatable bonds is 9. The van der Waals surface area contributed by atoms with Crippen LogP contribution in [0.3, 0.4) is 0 Å². The fourth-order valence-corrected chi connectivity index (χ4v) is 3.55. The van der Waals surface area contributed by atoms with Gasteiger partial charge in [0.15, 0.2) is 0 Å². The normalized spacial score (nSPS) is 19.6. The molecule has 1 nitrogen and oxygen atoms in total. The highest BCUT2D eigenvalue weighted by Gasteiger charge is 2.26. The zero-order valence-electron chi connectivity index (χ0n) is 20.5. The molecular formula is C30H40O. The number of aldehydes is 1. The van der Waals surface area contributed by atoms with Crippen LogP contribution in [0.25, 0.3) is 0 Å². The fourth-order valence-electron chi connectivity index (χ4n) is 3.55. The van der Waals surface area contributed by atoms with E-state index in [1.165, 1.54) is 41.6 Å². The van der Waals surface area contributed by atoms with Gasteiger partial charge in [0.2, 0.25) is 0 Å². The summed E-state index contributed by atoms with van der Waals surface area (Å²) in [6.45, 7) is 15.1. The maximum Gasteiger partial charge on any atom is 0.145 e. The van der Waals surface area contributed by atoms with E-state index in [9.17, 15) is 4.79 Å². The molecule has 0 saturated carbocycles. The number of hydrogen-bond acceptors (Lipinski definition) is 1. The van der Waals surface area contributed by atoms with Crippen molar-refractivity contribution in [1.29, 1.82) is 0 Å². The minimum atomic E-state index is 0.286. The van der Waals surface area contributed by atoms with Gasteiger partial charge in [-0.2, -0.15) is 0 Å². The van der Waals surface area contributed by atoms with Gasteiger partial charge in [0.25, 0.3) is 0 Å². The van der Waals surface area contributed by atoms with Gasteiger partial charge in [-0.05, 0) is 70.4 Å². The van der Waals surface area contributed by atoms with Crippen molar-refractivity contribution in [3.8, 4) is 0 Å². The van der Waals surface area contributed by atoms with Crippen LogP contribution in [0, 0.1) is 5.41 Å². The molecule has 0 fully saturated rings. The Kier molecular flexibility index (Phi) is 11.6. The highest BCUT2D eigenvalue weighted by Crippen LogP contribution is 2.40. The molecule has 0 aromatic carbocycles. The largest absolute Gasteiger partial charge is 0.298 e. The zero-order valence-corrected chi connectivity index (χ0v) is 20.5. The molecule has 0 atom stereocenters. The minimum absolute atomic E-state index is 0.286. The molecule has 0 amide bonds. The second-order valence-corrected chi connectivity index (χ2v) is 9.13. The van der Waals surface area contributed by atoms with E-state index in [1.807, 2.05) is 43.4 Å². The van der Waals surface area contributed by atoms with Gasteiger partial charge in [-0.3, -0.25) is 4.79 Å². The van der Waals surface area contributed by atoms with E-state index in [1.54, 1.807) is 6.92 Å². The molecule has 0 unspecified atom stereocenters. The standard InChI is InChI=1S/C30H40O/c1-24(13-8-9-14-25(2)16-11-18-27(4)23-31)15-10-17-26(3)20-21-29-28(5)19-12-22-30(29,6)7/h8-11,13-18,20-21,23H,12,19,22H2,1-7H3/b9-8+,15-10+,16-11+,21-20+,24-13+,25-14+,26-17+,27-18?. The molecular weight excluding hydrogens is 376 g/mol. The van der Waals surface area contributed by atoms with Crippen molar-refractivity contribution in [3.63, 3.8) is 0 Å². The van der Waals surface area contributed by atoms with Gasteiger partial charge in [-0.25, -0.2) is 0 Å². The Hall–Kier alpha value is -2.67. The summed E-state index contributed by atoms with van der Waals surface area (Å²) < 4.78 is 0. The number of carbonyl (C=O) groups excluding carboxylic acids is 1. The summed E-state index contributed by atoms with van der Waals surface area (Å²) in [4.78, 5) is 10.6. The predicted octanol–water partition coefficient (Wildman–Crippen LogP) is 8.72. The lowest BCUT2D eigenvalue weighted by Gasteiger charge is -2.32. The van der Waals surface area contributed by atoms with Crippen molar-refractivity contribution < 1.29 is 4.79 Å². The quantitative estimate of drug-likeness (QED) is 0.209. The minimum Gasteiger partial charge on any atom is -0.298 e. The molecule has 0 bridgehead atoms. The maximum absolute atomic E-state index is 10.6. The fraction of sp³-hybridized carbons (Fsp3) is 0.367. The van der Waals surface area contributed by atoms with Crippen LogP contribution in [-0.2, 0) is 4.79 Å². The van der Waals surface area contributed by atoms with Crippen LogP contribution < -0.4 is 0 Å². The summed E-state index contributed by atoms with van der Waals surface area (Å²) in [5.41, 5.74) is 7.62. The highest BCUT2D eigenvalue weighted by atomic mass is 16.1. The summed E-state index contributed by atoms with van der Waals surface area (Å²) in [7, 11) is 0. The molecule has 0 aromatic heterocycles. The first kappa shape index (κ1) is 26.4. The van der Waals surface area contributed by atoms with E-state index < -0.39 is 0 Å². The SMILES string of the molecule is CC(C=O)=C/C=C/C(C)=C/C=C/C=C(C)/C=C/C=C(C)/C=C/C1=C(C)CCCC1(C)C. The summed E-state index contributed by atoms with van der Waals surface area (Å²) in [5.74, 6) is 0. The van der Waals surface area contributed by atoms with E-state index in [4.69, 9.17) is 0 Å². The van der Waals surface area contributed by atoms with Gasteiger partial charge in [-0.15, -0.1) is 0 Å². The molecule has 1 aliphatic carbocycles. The molecule has 0 aromatic rings. The number of carbonyl (C=O) groups is 1. The van der Waals surface area contributed by atoms with E-state index >= 15 is 0 Å². The van der Waals surface area contributed by atoms with Crippen molar-refractivity contribution >= 4 is 6.29 Å². The van der Waals surface area contributed by atoms with Crippen LogP contribution in [0.5, 0.6) is 0 Å². The van der Waals surface area contributed by atoms with Gasteiger partial charge in [0.05, 0.1) is 0 Å². The highest BCUT2D eigenvalue weighted by molar-refractivity contribution is 5.72.